The first-order valence-corrected chi connectivity index (χ1v) is 27.3. The molecule has 9 unspecified atom stereocenters. The molecule has 4 aliphatic carbocycles. The standard InChI is InChI=1S/C57H101NO5/c1-8-9-10-11-12-13-14-15-16-17-18-19-20-21-22-25-38-61-46-52(45-58-37-33-51(44-58)59-7)63-42-40-60-39-41-62-50-31-35-56(5)49(43-50)30-34-57(6)53-29-28-48(27-24-23-26-47(2)3)55(53,4)36-32-54(56)57/h12-13,15-16,30,47-48,50-54H,8-11,14,17-29,31-46H2,1-7H3/b13-12-,16-15-. The normalized spacial score (nSPS) is 31.6. The summed E-state index contributed by atoms with van der Waals surface area (Å²) < 4.78 is 30.9. The topological polar surface area (TPSA) is 49.4 Å². The minimum atomic E-state index is 0.0554. The number of ether oxygens (including phenoxy) is 5. The van der Waals surface area contributed by atoms with E-state index in [0.29, 0.717) is 61.5 Å². The molecule has 0 bridgehead atoms. The molecule has 0 aromatic rings. The van der Waals surface area contributed by atoms with E-state index >= 15 is 0 Å². The minimum absolute atomic E-state index is 0.0554. The van der Waals surface area contributed by atoms with Gasteiger partial charge < -0.3 is 23.7 Å². The van der Waals surface area contributed by atoms with Crippen LogP contribution in [0.4, 0.5) is 0 Å². The van der Waals surface area contributed by atoms with Gasteiger partial charge in [-0.05, 0) is 143 Å². The van der Waals surface area contributed by atoms with Gasteiger partial charge in [0.05, 0.1) is 51.3 Å². The molecule has 0 spiro atoms. The molecule has 0 N–H and O–H groups in total. The first kappa shape index (κ1) is 52.9. The molecular weight excluding hydrogens is 779 g/mol. The highest BCUT2D eigenvalue weighted by atomic mass is 16.6. The van der Waals surface area contributed by atoms with Crippen LogP contribution in [0.1, 0.15) is 202 Å². The summed E-state index contributed by atoms with van der Waals surface area (Å²) in [5, 5.41) is 0. The Morgan fingerprint density at radius 1 is 0.714 bits per heavy atom. The Morgan fingerprint density at radius 3 is 2.24 bits per heavy atom. The van der Waals surface area contributed by atoms with Gasteiger partial charge in [-0.1, -0.05) is 135 Å². The van der Waals surface area contributed by atoms with E-state index in [2.05, 4.69) is 76.8 Å². The molecule has 1 aliphatic heterocycles. The lowest BCUT2D eigenvalue weighted by Crippen LogP contribution is -2.56. The summed E-state index contributed by atoms with van der Waals surface area (Å²) in [7, 11) is 1.83. The fraction of sp³-hybridized carbons (Fsp3) is 0.895. The lowest BCUT2D eigenvalue weighted by Gasteiger charge is -2.63. The number of hydrogen-bond acceptors (Lipinski definition) is 6. The number of methoxy groups -OCH3 is 1. The Hall–Kier alpha value is -1.02. The number of rotatable bonds is 33. The third kappa shape index (κ3) is 16.3. The van der Waals surface area contributed by atoms with E-state index in [1.165, 1.54) is 135 Å². The second-order valence-electron chi connectivity index (χ2n) is 22.4. The average molecular weight is 880 g/mol. The zero-order chi connectivity index (χ0) is 44.8. The Morgan fingerprint density at radius 2 is 1.48 bits per heavy atom. The van der Waals surface area contributed by atoms with E-state index in [9.17, 15) is 0 Å². The lowest BCUT2D eigenvalue weighted by atomic mass is 9.41. The molecule has 5 aliphatic rings. The Balaban J connectivity index is 0.927. The molecule has 63 heavy (non-hydrogen) atoms. The van der Waals surface area contributed by atoms with Gasteiger partial charge in [-0.25, -0.2) is 0 Å². The van der Waals surface area contributed by atoms with Crippen molar-refractivity contribution in [2.75, 3.05) is 66.4 Å². The third-order valence-corrected chi connectivity index (χ3v) is 17.4. The lowest BCUT2D eigenvalue weighted by molar-refractivity contribution is -0.114. The molecule has 1 heterocycles. The fourth-order valence-corrected chi connectivity index (χ4v) is 13.6. The Kier molecular flexibility index (Phi) is 23.8. The largest absolute Gasteiger partial charge is 0.380 e. The van der Waals surface area contributed by atoms with Crippen molar-refractivity contribution in [1.82, 2.24) is 4.90 Å². The van der Waals surface area contributed by atoms with Crippen LogP contribution < -0.4 is 0 Å². The maximum Gasteiger partial charge on any atom is 0.0936 e. The van der Waals surface area contributed by atoms with Crippen LogP contribution in [-0.4, -0.2) is 89.6 Å². The van der Waals surface area contributed by atoms with Crippen LogP contribution in [0.2, 0.25) is 0 Å². The van der Waals surface area contributed by atoms with Gasteiger partial charge in [-0.3, -0.25) is 4.90 Å². The van der Waals surface area contributed by atoms with Crippen LogP contribution in [0, 0.1) is 39.9 Å². The molecule has 0 aromatic carbocycles. The van der Waals surface area contributed by atoms with Crippen molar-refractivity contribution in [3.8, 4) is 0 Å². The average Bonchev–Trinajstić information content (AvgIpc) is 3.88. The highest BCUT2D eigenvalue weighted by Gasteiger charge is 2.63. The molecular formula is C57H101NO5. The molecule has 0 amide bonds. The highest BCUT2D eigenvalue weighted by Crippen LogP contribution is 2.71. The SMILES string of the molecule is CCCCC/C=C\C/C=C\CCCCCCCCOCC(CN1CCC(OC)C1)OCCOCCOC1CCC2(C)C(=CCC3(C)C2CCC2(C)C(CCCCC(C)C)CCC23)C1. The van der Waals surface area contributed by atoms with Crippen molar-refractivity contribution >= 4 is 0 Å². The van der Waals surface area contributed by atoms with Crippen molar-refractivity contribution < 1.29 is 23.7 Å². The van der Waals surface area contributed by atoms with Gasteiger partial charge in [-0.2, -0.15) is 0 Å². The number of likely N-dealkylation sites (tertiary alicyclic amines) is 1. The second-order valence-corrected chi connectivity index (χ2v) is 22.4. The quantitative estimate of drug-likeness (QED) is 0.0483. The van der Waals surface area contributed by atoms with E-state index < -0.39 is 0 Å². The number of allylic oxidation sites excluding steroid dienone is 5. The molecule has 9 atom stereocenters. The zero-order valence-corrected chi connectivity index (χ0v) is 42.5. The van der Waals surface area contributed by atoms with Gasteiger partial charge in [0.2, 0.25) is 0 Å². The van der Waals surface area contributed by atoms with Crippen LogP contribution >= 0.6 is 0 Å². The molecule has 6 nitrogen and oxygen atoms in total. The van der Waals surface area contributed by atoms with Crippen LogP contribution in [0.3, 0.4) is 0 Å². The van der Waals surface area contributed by atoms with E-state index in [4.69, 9.17) is 23.7 Å². The predicted molar refractivity (Wildman–Crippen MR) is 265 cm³/mol. The fourth-order valence-electron chi connectivity index (χ4n) is 13.6. The zero-order valence-electron chi connectivity index (χ0n) is 42.5. The van der Waals surface area contributed by atoms with Crippen LogP contribution in [-0.2, 0) is 23.7 Å². The molecule has 0 radical (unpaired) electrons. The van der Waals surface area contributed by atoms with Crippen LogP contribution in [0.5, 0.6) is 0 Å². The molecule has 1 saturated heterocycles. The van der Waals surface area contributed by atoms with E-state index in [1.54, 1.807) is 5.57 Å². The van der Waals surface area contributed by atoms with Crippen LogP contribution in [0.15, 0.2) is 36.0 Å². The minimum Gasteiger partial charge on any atom is -0.380 e. The summed E-state index contributed by atoms with van der Waals surface area (Å²) in [6.45, 7) is 22.0. The van der Waals surface area contributed by atoms with Gasteiger partial charge in [0.25, 0.3) is 0 Å². The van der Waals surface area contributed by atoms with Crippen molar-refractivity contribution in [3.05, 3.63) is 36.0 Å². The first-order valence-electron chi connectivity index (χ1n) is 27.3. The molecule has 364 valence electrons. The van der Waals surface area contributed by atoms with Crippen molar-refractivity contribution in [2.24, 2.45) is 39.9 Å². The summed E-state index contributed by atoms with van der Waals surface area (Å²) in [5.74, 6) is 3.50. The number of fused-ring (bicyclic) bond motifs is 5. The Bertz CT molecular complexity index is 1330. The van der Waals surface area contributed by atoms with Crippen molar-refractivity contribution in [2.45, 2.75) is 220 Å². The second kappa shape index (κ2) is 28.3. The van der Waals surface area contributed by atoms with Crippen molar-refractivity contribution in [1.29, 1.82) is 0 Å². The monoisotopic (exact) mass is 880 g/mol. The summed E-state index contributed by atoms with van der Waals surface area (Å²) in [6.07, 6.45) is 45.5. The maximum absolute atomic E-state index is 6.53. The smallest absolute Gasteiger partial charge is 0.0936 e. The van der Waals surface area contributed by atoms with E-state index in [0.717, 1.165) is 75.6 Å². The number of nitrogens with zero attached hydrogens (tertiary/aromatic N) is 1. The Labute approximate surface area is 389 Å². The summed E-state index contributed by atoms with van der Waals surface area (Å²) in [4.78, 5) is 2.47. The first-order chi connectivity index (χ1) is 30.6. The van der Waals surface area contributed by atoms with Gasteiger partial charge >= 0.3 is 0 Å². The van der Waals surface area contributed by atoms with Crippen molar-refractivity contribution in [3.63, 3.8) is 0 Å². The summed E-state index contributed by atoms with van der Waals surface area (Å²) in [6, 6.07) is 0. The van der Waals surface area contributed by atoms with Gasteiger partial charge in [0, 0.05) is 33.4 Å². The van der Waals surface area contributed by atoms with Gasteiger partial charge in [0.15, 0.2) is 0 Å². The molecule has 5 rings (SSSR count). The molecule has 6 heteroatoms. The van der Waals surface area contributed by atoms with Crippen LogP contribution in [0.25, 0.3) is 0 Å². The van der Waals surface area contributed by atoms with Gasteiger partial charge in [-0.15, -0.1) is 0 Å². The molecule has 4 fully saturated rings. The van der Waals surface area contributed by atoms with E-state index in [-0.39, 0.29) is 6.10 Å². The third-order valence-electron chi connectivity index (χ3n) is 17.4. The van der Waals surface area contributed by atoms with E-state index in [1.807, 2.05) is 7.11 Å². The van der Waals surface area contributed by atoms with Gasteiger partial charge in [0.1, 0.15) is 0 Å². The number of hydrogen-bond donors (Lipinski definition) is 0. The summed E-state index contributed by atoms with van der Waals surface area (Å²) >= 11 is 0. The molecule has 3 saturated carbocycles. The summed E-state index contributed by atoms with van der Waals surface area (Å²) in [5.41, 5.74) is 3.07. The predicted octanol–water partition coefficient (Wildman–Crippen LogP) is 14.5. The highest BCUT2D eigenvalue weighted by molar-refractivity contribution is 5.28. The number of unbranched alkanes of at least 4 members (excludes halogenated alkanes) is 10. The molecule has 0 aromatic heterocycles. The maximum atomic E-state index is 6.53.